The van der Waals surface area contributed by atoms with E-state index in [0.29, 0.717) is 17.4 Å². The molecule has 1 amide bonds. The lowest BCUT2D eigenvalue weighted by atomic mass is 10.00. The molecule has 2 heterocycles. The number of hydrogen-bond acceptors (Lipinski definition) is 2. The number of nitrogens with one attached hydrogen (secondary N) is 2. The number of carbonyl (C=O) groups is 1. The average molecular weight is 303 g/mol. The Morgan fingerprint density at radius 3 is 2.86 bits per heavy atom. The summed E-state index contributed by atoms with van der Waals surface area (Å²) in [6.45, 7) is 2.31. The number of rotatable bonds is 3. The van der Waals surface area contributed by atoms with Crippen LogP contribution in [0.15, 0.2) is 42.6 Å². The largest absolute Gasteiger partial charge is 0.323 e. The molecule has 5 heteroatoms. The molecule has 4 nitrogen and oxygen atoms in total. The predicted molar refractivity (Wildman–Crippen MR) is 82.4 cm³/mol. The highest BCUT2D eigenvalue weighted by Gasteiger charge is 2.21. The molecule has 21 heavy (non-hydrogen) atoms. The van der Waals surface area contributed by atoms with Gasteiger partial charge in [0.25, 0.3) is 5.91 Å². The van der Waals surface area contributed by atoms with Crippen LogP contribution in [-0.2, 0) is 17.8 Å². The van der Waals surface area contributed by atoms with Crippen molar-refractivity contribution in [2.24, 2.45) is 0 Å². The van der Waals surface area contributed by atoms with Crippen molar-refractivity contribution in [3.63, 3.8) is 0 Å². The number of hydrogen-bond donors (Lipinski definition) is 2. The molecule has 1 aromatic carbocycles. The zero-order valence-electron chi connectivity index (χ0n) is 11.6. The van der Waals surface area contributed by atoms with Gasteiger partial charge >= 0.3 is 0 Å². The van der Waals surface area contributed by atoms with Crippen molar-refractivity contribution in [2.75, 3.05) is 18.4 Å². The first-order valence-corrected chi connectivity index (χ1v) is 7.41. The van der Waals surface area contributed by atoms with Crippen LogP contribution in [0.1, 0.15) is 11.1 Å². The molecule has 0 radical (unpaired) electrons. The lowest BCUT2D eigenvalue weighted by Crippen LogP contribution is -3.12. The highest BCUT2D eigenvalue weighted by atomic mass is 35.5. The summed E-state index contributed by atoms with van der Waals surface area (Å²) in [5.41, 5.74) is 3.31. The van der Waals surface area contributed by atoms with Crippen molar-refractivity contribution < 1.29 is 9.69 Å². The van der Waals surface area contributed by atoms with Gasteiger partial charge in [-0.25, -0.2) is 4.98 Å². The van der Waals surface area contributed by atoms with Crippen LogP contribution in [-0.4, -0.2) is 24.0 Å². The third-order valence-corrected chi connectivity index (χ3v) is 4.05. The van der Waals surface area contributed by atoms with Crippen molar-refractivity contribution in [1.29, 1.82) is 0 Å². The van der Waals surface area contributed by atoms with Crippen LogP contribution in [0.3, 0.4) is 0 Å². The molecule has 0 aliphatic carbocycles. The fourth-order valence-corrected chi connectivity index (χ4v) is 2.86. The number of aromatic nitrogens is 1. The predicted octanol–water partition coefficient (Wildman–Crippen LogP) is 1.31. The minimum absolute atomic E-state index is 0.0284. The highest BCUT2D eigenvalue weighted by molar-refractivity contribution is 6.32. The Morgan fingerprint density at radius 1 is 1.24 bits per heavy atom. The first-order chi connectivity index (χ1) is 10.2. The van der Waals surface area contributed by atoms with Gasteiger partial charge in [-0.05, 0) is 17.7 Å². The van der Waals surface area contributed by atoms with Gasteiger partial charge in [0.15, 0.2) is 11.7 Å². The maximum absolute atomic E-state index is 12.1. The second-order valence-corrected chi connectivity index (χ2v) is 5.62. The van der Waals surface area contributed by atoms with Gasteiger partial charge in [-0.15, -0.1) is 0 Å². The Morgan fingerprint density at radius 2 is 2.05 bits per heavy atom. The van der Waals surface area contributed by atoms with E-state index in [1.165, 1.54) is 16.0 Å². The molecule has 1 aliphatic heterocycles. The van der Waals surface area contributed by atoms with Crippen LogP contribution in [0.4, 0.5) is 5.69 Å². The van der Waals surface area contributed by atoms with E-state index in [0.717, 1.165) is 19.5 Å². The molecule has 1 atom stereocenters. The number of quaternary nitrogens is 1. The summed E-state index contributed by atoms with van der Waals surface area (Å²) < 4.78 is 0. The van der Waals surface area contributed by atoms with Gasteiger partial charge < -0.3 is 10.2 Å². The maximum atomic E-state index is 12.1. The maximum Gasteiger partial charge on any atom is 0.279 e. The smallest absolute Gasteiger partial charge is 0.279 e. The van der Waals surface area contributed by atoms with Crippen molar-refractivity contribution >= 4 is 23.2 Å². The van der Waals surface area contributed by atoms with E-state index >= 15 is 0 Å². The van der Waals surface area contributed by atoms with Crippen molar-refractivity contribution in [3.8, 4) is 0 Å². The lowest BCUT2D eigenvalue weighted by molar-refractivity contribution is -0.907. The van der Waals surface area contributed by atoms with Gasteiger partial charge in [0.1, 0.15) is 6.54 Å². The Kier molecular flexibility index (Phi) is 4.18. The number of anilines is 1. The van der Waals surface area contributed by atoms with E-state index in [2.05, 4.69) is 34.6 Å². The summed E-state index contributed by atoms with van der Waals surface area (Å²) >= 11 is 5.95. The Labute approximate surface area is 128 Å². The number of halogens is 1. The molecule has 1 unspecified atom stereocenters. The van der Waals surface area contributed by atoms with Gasteiger partial charge in [0, 0.05) is 18.2 Å². The van der Waals surface area contributed by atoms with Gasteiger partial charge in [-0.2, -0.15) is 0 Å². The van der Waals surface area contributed by atoms with E-state index < -0.39 is 0 Å². The number of nitrogens with zero attached hydrogens (tertiary/aromatic N) is 1. The molecule has 2 N–H and O–H groups in total. The summed E-state index contributed by atoms with van der Waals surface area (Å²) in [6, 6.07) is 11.9. The number of benzene rings is 1. The van der Waals surface area contributed by atoms with Gasteiger partial charge in [-0.3, -0.25) is 4.79 Å². The Bertz CT molecular complexity index is 659. The van der Waals surface area contributed by atoms with E-state index in [1.54, 1.807) is 18.3 Å². The molecule has 1 aromatic heterocycles. The fraction of sp³-hybridized carbons (Fsp3) is 0.250. The first-order valence-electron chi connectivity index (χ1n) is 7.03. The molecule has 0 saturated carbocycles. The number of carbonyl (C=O) groups excluding carboxylic acids is 1. The summed E-state index contributed by atoms with van der Waals surface area (Å²) in [7, 11) is 0. The molecular formula is C16H17ClN3O+. The van der Waals surface area contributed by atoms with Crippen LogP contribution in [0.2, 0.25) is 5.15 Å². The minimum Gasteiger partial charge on any atom is -0.323 e. The molecule has 1 aliphatic rings. The molecule has 0 saturated heterocycles. The summed E-state index contributed by atoms with van der Waals surface area (Å²) in [4.78, 5) is 17.3. The molecule has 108 valence electrons. The fourth-order valence-electron chi connectivity index (χ4n) is 2.69. The van der Waals surface area contributed by atoms with Gasteiger partial charge in [0.2, 0.25) is 0 Å². The van der Waals surface area contributed by atoms with Crippen molar-refractivity contribution in [2.45, 2.75) is 13.0 Å². The average Bonchev–Trinajstić information content (AvgIpc) is 2.49. The normalized spacial score (nSPS) is 17.1. The third-order valence-electron chi connectivity index (χ3n) is 3.75. The quantitative estimate of drug-likeness (QED) is 0.840. The van der Waals surface area contributed by atoms with E-state index in [9.17, 15) is 4.79 Å². The molecular weight excluding hydrogens is 286 g/mol. The number of pyridine rings is 1. The van der Waals surface area contributed by atoms with Crippen molar-refractivity contribution in [3.05, 3.63) is 58.9 Å². The zero-order chi connectivity index (χ0) is 14.7. The lowest BCUT2D eigenvalue weighted by Gasteiger charge is -2.25. The van der Waals surface area contributed by atoms with Crippen LogP contribution < -0.4 is 10.2 Å². The topological polar surface area (TPSA) is 46.4 Å². The SMILES string of the molecule is O=C(C[NH+]1CCc2ccccc2C1)Nc1cccnc1Cl. The van der Waals surface area contributed by atoms with Crippen LogP contribution in [0.25, 0.3) is 0 Å². The third kappa shape index (κ3) is 3.40. The van der Waals surface area contributed by atoms with E-state index in [1.807, 2.05) is 0 Å². The molecule has 0 spiro atoms. The van der Waals surface area contributed by atoms with Crippen LogP contribution in [0, 0.1) is 0 Å². The standard InChI is InChI=1S/C16H16ClN3O/c17-16-14(6-3-8-18-16)19-15(21)11-20-9-7-12-4-1-2-5-13(12)10-20/h1-6,8H,7,9-11H2,(H,19,21)/p+1. The Hall–Kier alpha value is -1.91. The van der Waals surface area contributed by atoms with Gasteiger partial charge in [0.05, 0.1) is 12.2 Å². The number of fused-ring (bicyclic) bond motifs is 1. The van der Waals surface area contributed by atoms with Crippen LogP contribution in [0.5, 0.6) is 0 Å². The summed E-state index contributed by atoms with van der Waals surface area (Å²) in [6.07, 6.45) is 2.62. The highest BCUT2D eigenvalue weighted by Crippen LogP contribution is 2.17. The molecule has 0 bridgehead atoms. The van der Waals surface area contributed by atoms with Gasteiger partial charge in [-0.1, -0.05) is 35.9 Å². The molecule has 0 fully saturated rings. The monoisotopic (exact) mass is 302 g/mol. The van der Waals surface area contributed by atoms with Crippen LogP contribution >= 0.6 is 11.6 Å². The number of amides is 1. The Balaban J connectivity index is 1.60. The minimum atomic E-state index is -0.0284. The van der Waals surface area contributed by atoms with E-state index in [4.69, 9.17) is 11.6 Å². The first kappa shape index (κ1) is 14.0. The second-order valence-electron chi connectivity index (χ2n) is 5.26. The second kappa shape index (κ2) is 6.24. The summed E-state index contributed by atoms with van der Waals surface area (Å²) in [5, 5.41) is 3.15. The zero-order valence-corrected chi connectivity index (χ0v) is 12.4. The van der Waals surface area contributed by atoms with E-state index in [-0.39, 0.29) is 5.91 Å². The summed E-state index contributed by atoms with van der Waals surface area (Å²) in [5.74, 6) is -0.0284. The van der Waals surface area contributed by atoms with Crippen molar-refractivity contribution in [1.82, 2.24) is 4.98 Å². The molecule has 2 aromatic rings. The molecule has 3 rings (SSSR count).